The molecule has 11 nitrogen and oxygen atoms in total. The van der Waals surface area contributed by atoms with Crippen LogP contribution in [0.2, 0.25) is 18.1 Å². The van der Waals surface area contributed by atoms with Crippen molar-refractivity contribution in [2.45, 2.75) is 141 Å². The SMILES string of the molecule is CC(C)(C)[Si](C)(C)OC(C[C@H](CC(=O)O)OCc1ccccc1)C[C@H](CC(=O)O)OCc1ccccc1.COC(=O)CCCCCCCC(=O)OC. The number of unbranched alkanes of at least 4 members (excludes halogenated alkanes) is 4. The fourth-order valence-electron chi connectivity index (χ4n) is 5.03. The Morgan fingerprint density at radius 1 is 0.615 bits per heavy atom. The van der Waals surface area contributed by atoms with E-state index in [2.05, 4.69) is 43.3 Å². The molecule has 0 saturated carbocycles. The number of esters is 2. The van der Waals surface area contributed by atoms with E-state index in [4.69, 9.17) is 13.9 Å². The highest BCUT2D eigenvalue weighted by molar-refractivity contribution is 6.74. The summed E-state index contributed by atoms with van der Waals surface area (Å²) in [6.45, 7) is 11.2. The minimum Gasteiger partial charge on any atom is -0.481 e. The number of carbonyl (C=O) groups is 4. The highest BCUT2D eigenvalue weighted by atomic mass is 28.4. The van der Waals surface area contributed by atoms with Gasteiger partial charge >= 0.3 is 23.9 Å². The highest BCUT2D eigenvalue weighted by Gasteiger charge is 2.40. The largest absolute Gasteiger partial charge is 0.481 e. The topological polar surface area (TPSA) is 155 Å². The normalized spacial score (nSPS) is 12.7. The Kier molecular flexibility index (Phi) is 22.7. The summed E-state index contributed by atoms with van der Waals surface area (Å²) >= 11 is 0. The predicted octanol–water partition coefficient (Wildman–Crippen LogP) is 8.34. The van der Waals surface area contributed by atoms with Crippen LogP contribution in [0.1, 0.15) is 103 Å². The summed E-state index contributed by atoms with van der Waals surface area (Å²) < 4.78 is 27.9. The molecule has 52 heavy (non-hydrogen) atoms. The third-order valence-electron chi connectivity index (χ3n) is 9.00. The fraction of sp³-hybridized carbons (Fsp3) is 0.600. The lowest BCUT2D eigenvalue weighted by atomic mass is 10.0. The molecule has 0 unspecified atom stereocenters. The fourth-order valence-corrected chi connectivity index (χ4v) is 6.41. The molecule has 2 N–H and O–H groups in total. The van der Waals surface area contributed by atoms with Crippen molar-refractivity contribution in [1.82, 2.24) is 0 Å². The lowest BCUT2D eigenvalue weighted by Crippen LogP contribution is -2.46. The molecule has 0 saturated heterocycles. The van der Waals surface area contributed by atoms with Crippen LogP contribution in [0.15, 0.2) is 60.7 Å². The van der Waals surface area contributed by atoms with Crippen LogP contribution in [0, 0.1) is 0 Å². The van der Waals surface area contributed by atoms with E-state index in [-0.39, 0.29) is 43.0 Å². The van der Waals surface area contributed by atoms with Crippen LogP contribution >= 0.6 is 0 Å². The van der Waals surface area contributed by atoms with E-state index in [1.54, 1.807) is 0 Å². The van der Waals surface area contributed by atoms with Gasteiger partial charge in [-0.25, -0.2) is 0 Å². The lowest BCUT2D eigenvalue weighted by molar-refractivity contribution is -0.142. The molecule has 0 aliphatic heterocycles. The third kappa shape index (κ3) is 21.7. The average molecular weight is 747 g/mol. The van der Waals surface area contributed by atoms with Crippen LogP contribution in [0.5, 0.6) is 0 Å². The van der Waals surface area contributed by atoms with Crippen LogP contribution in [-0.2, 0) is 55.8 Å². The van der Waals surface area contributed by atoms with Gasteiger partial charge in [-0.2, -0.15) is 0 Å². The van der Waals surface area contributed by atoms with Crippen LogP contribution in [0.25, 0.3) is 0 Å². The molecule has 0 spiro atoms. The number of carboxylic acids is 2. The van der Waals surface area contributed by atoms with Gasteiger partial charge in [0.1, 0.15) is 0 Å². The van der Waals surface area contributed by atoms with E-state index < -0.39 is 38.6 Å². The van der Waals surface area contributed by atoms with Crippen molar-refractivity contribution in [2.75, 3.05) is 14.2 Å². The molecule has 0 aliphatic carbocycles. The van der Waals surface area contributed by atoms with Gasteiger partial charge in [0.25, 0.3) is 0 Å². The molecule has 0 radical (unpaired) electrons. The van der Waals surface area contributed by atoms with Gasteiger partial charge in [0.15, 0.2) is 8.32 Å². The minimum absolute atomic E-state index is 0.0777. The zero-order chi connectivity index (χ0) is 39.0. The van der Waals surface area contributed by atoms with Crippen molar-refractivity contribution in [3.63, 3.8) is 0 Å². The maximum Gasteiger partial charge on any atom is 0.305 e. The number of hydrogen-bond acceptors (Lipinski definition) is 9. The van der Waals surface area contributed by atoms with Gasteiger partial charge in [-0.1, -0.05) is 101 Å². The number of carboxylic acid groups (broad SMARTS) is 2. The van der Waals surface area contributed by atoms with E-state index in [1.165, 1.54) is 14.2 Å². The van der Waals surface area contributed by atoms with E-state index >= 15 is 0 Å². The summed E-state index contributed by atoms with van der Waals surface area (Å²) in [4.78, 5) is 44.8. The maximum atomic E-state index is 11.7. The highest BCUT2D eigenvalue weighted by Crippen LogP contribution is 2.39. The molecule has 292 valence electrons. The van der Waals surface area contributed by atoms with Crippen LogP contribution < -0.4 is 0 Å². The van der Waals surface area contributed by atoms with Gasteiger partial charge in [-0.15, -0.1) is 0 Å². The number of ether oxygens (including phenoxy) is 4. The quantitative estimate of drug-likeness (QED) is 0.0605. The van der Waals surface area contributed by atoms with Crippen molar-refractivity contribution >= 4 is 32.2 Å². The van der Waals surface area contributed by atoms with Gasteiger partial charge in [-0.05, 0) is 54.9 Å². The molecule has 0 aliphatic rings. The van der Waals surface area contributed by atoms with Gasteiger partial charge in [-0.3, -0.25) is 19.2 Å². The first-order valence-corrected chi connectivity index (χ1v) is 21.0. The van der Waals surface area contributed by atoms with E-state index in [0.29, 0.717) is 25.7 Å². The molecule has 2 aromatic rings. The first-order chi connectivity index (χ1) is 24.6. The Hall–Kier alpha value is -3.58. The smallest absolute Gasteiger partial charge is 0.305 e. The monoisotopic (exact) mass is 746 g/mol. The van der Waals surface area contributed by atoms with Crippen molar-refractivity contribution in [3.8, 4) is 0 Å². The number of methoxy groups -OCH3 is 2. The zero-order valence-corrected chi connectivity index (χ0v) is 33.3. The molecule has 2 aromatic carbocycles. The molecular formula is C40H62O11Si. The average Bonchev–Trinajstić information content (AvgIpc) is 3.09. The van der Waals surface area contributed by atoms with Crippen LogP contribution in [0.4, 0.5) is 0 Å². The molecule has 2 rings (SSSR count). The van der Waals surface area contributed by atoms with Gasteiger partial charge in [0.05, 0.1) is 58.6 Å². The summed E-state index contributed by atoms with van der Waals surface area (Å²) in [5.41, 5.74) is 1.91. The molecule has 0 amide bonds. The molecule has 0 aromatic heterocycles. The summed E-state index contributed by atoms with van der Waals surface area (Å²) in [6.07, 6.45) is 4.52. The van der Waals surface area contributed by atoms with Crippen LogP contribution in [-0.4, -0.2) is 74.9 Å². The van der Waals surface area contributed by atoms with Crippen molar-refractivity contribution in [3.05, 3.63) is 71.8 Å². The summed E-state index contributed by atoms with van der Waals surface area (Å²) in [6, 6.07) is 19.2. The van der Waals surface area contributed by atoms with Gasteiger partial charge < -0.3 is 33.6 Å². The molecule has 0 fully saturated rings. The van der Waals surface area contributed by atoms with Crippen molar-refractivity contribution in [2.24, 2.45) is 0 Å². The third-order valence-corrected chi connectivity index (χ3v) is 13.5. The number of benzene rings is 2. The summed E-state index contributed by atoms with van der Waals surface area (Å²) in [5.74, 6) is -2.20. The summed E-state index contributed by atoms with van der Waals surface area (Å²) in [7, 11) is 0.542. The Labute approximate surface area is 311 Å². The Morgan fingerprint density at radius 2 is 0.981 bits per heavy atom. The molecule has 0 bridgehead atoms. The van der Waals surface area contributed by atoms with Crippen LogP contribution in [0.3, 0.4) is 0 Å². The Balaban J connectivity index is 0.000000757. The predicted molar refractivity (Wildman–Crippen MR) is 202 cm³/mol. The van der Waals surface area contributed by atoms with E-state index in [0.717, 1.165) is 43.2 Å². The lowest BCUT2D eigenvalue weighted by Gasteiger charge is -2.40. The first-order valence-electron chi connectivity index (χ1n) is 18.1. The Bertz CT molecular complexity index is 1210. The summed E-state index contributed by atoms with van der Waals surface area (Å²) in [5, 5.41) is 19.0. The van der Waals surface area contributed by atoms with E-state index in [9.17, 15) is 29.4 Å². The standard InChI is InChI=1S/C29H42O7Si.C11H20O4/c1-29(2,3)37(4,5)36-26(16-24(18-27(30)31)34-20-22-12-8-6-9-13-22)17-25(19-28(32)33)35-21-23-14-10-7-11-15-23;1-14-10(12)8-6-4-3-5-7-9-11(13)15-2/h6-15,24-26H,16-21H2,1-5H3,(H,30,31)(H,32,33);3-9H2,1-2H3/t24-,25-;/m1./s1. The second kappa shape index (κ2) is 25.4. The first kappa shape index (κ1) is 46.4. The van der Waals surface area contributed by atoms with Gasteiger partial charge in [0, 0.05) is 12.8 Å². The van der Waals surface area contributed by atoms with Gasteiger partial charge in [0.2, 0.25) is 0 Å². The number of hydrogen-bond donors (Lipinski definition) is 2. The number of rotatable bonds is 24. The molecule has 2 atom stereocenters. The van der Waals surface area contributed by atoms with Crippen molar-refractivity contribution in [1.29, 1.82) is 0 Å². The maximum absolute atomic E-state index is 11.7. The molecular weight excluding hydrogens is 685 g/mol. The van der Waals surface area contributed by atoms with Crippen molar-refractivity contribution < 1.29 is 52.8 Å². The minimum atomic E-state index is -2.26. The number of aliphatic carboxylic acids is 2. The number of carbonyl (C=O) groups excluding carboxylic acids is 2. The molecule has 12 heteroatoms. The van der Waals surface area contributed by atoms with E-state index in [1.807, 2.05) is 60.7 Å². The second-order valence-electron chi connectivity index (χ2n) is 14.4. The molecule has 0 heterocycles. The second-order valence-corrected chi connectivity index (χ2v) is 19.2. The Morgan fingerprint density at radius 3 is 1.31 bits per heavy atom. The zero-order valence-electron chi connectivity index (χ0n) is 32.3.